The molecule has 0 spiro atoms. The minimum Gasteiger partial charge on any atom is -0.393 e. The van der Waals surface area contributed by atoms with Crippen LogP contribution in [0.15, 0.2) is 24.3 Å². The third kappa shape index (κ3) is 5.00. The van der Waals surface area contributed by atoms with Gasteiger partial charge in [0.15, 0.2) is 0 Å². The van der Waals surface area contributed by atoms with E-state index in [9.17, 15) is 9.90 Å². The first-order valence-corrected chi connectivity index (χ1v) is 8.10. The van der Waals surface area contributed by atoms with Crippen LogP contribution in [0.4, 0.5) is 11.4 Å². The van der Waals surface area contributed by atoms with Crippen LogP contribution in [-0.2, 0) is 9.53 Å². The summed E-state index contributed by atoms with van der Waals surface area (Å²) in [4.78, 5) is 14.2. The Morgan fingerprint density at radius 3 is 2.82 bits per heavy atom. The van der Waals surface area contributed by atoms with Gasteiger partial charge in [0.25, 0.3) is 0 Å². The highest BCUT2D eigenvalue weighted by molar-refractivity contribution is 5.95. The minimum atomic E-state index is -0.204. The van der Waals surface area contributed by atoms with Gasteiger partial charge in [0.1, 0.15) is 6.61 Å². The topological polar surface area (TPSA) is 61.8 Å². The molecule has 1 amide bonds. The standard InChI is InChI=1S/C17H26N2O3/c1-2-3-12-22-13-17(21)18-15-6-4-5-7-16(15)19-10-8-14(20)9-11-19/h4-7,14,20H,2-3,8-13H2,1H3,(H,18,21). The van der Waals surface area contributed by atoms with Crippen LogP contribution in [0.5, 0.6) is 0 Å². The van der Waals surface area contributed by atoms with Gasteiger partial charge in [-0.15, -0.1) is 0 Å². The van der Waals surface area contributed by atoms with Gasteiger partial charge in [0, 0.05) is 19.7 Å². The van der Waals surface area contributed by atoms with Gasteiger partial charge in [-0.05, 0) is 31.4 Å². The molecule has 1 aliphatic heterocycles. The lowest BCUT2D eigenvalue weighted by molar-refractivity contribution is -0.120. The van der Waals surface area contributed by atoms with Gasteiger partial charge in [-0.2, -0.15) is 0 Å². The number of unbranched alkanes of at least 4 members (excludes halogenated alkanes) is 1. The molecule has 0 radical (unpaired) electrons. The summed E-state index contributed by atoms with van der Waals surface area (Å²) in [6, 6.07) is 7.79. The number of amides is 1. The average molecular weight is 306 g/mol. The molecular formula is C17H26N2O3. The number of anilines is 2. The van der Waals surface area contributed by atoms with Crippen LogP contribution in [0.1, 0.15) is 32.6 Å². The molecule has 22 heavy (non-hydrogen) atoms. The number of hydrogen-bond acceptors (Lipinski definition) is 4. The molecule has 0 atom stereocenters. The maximum Gasteiger partial charge on any atom is 0.250 e. The van der Waals surface area contributed by atoms with E-state index in [1.54, 1.807) is 0 Å². The summed E-state index contributed by atoms with van der Waals surface area (Å²) < 4.78 is 5.35. The van der Waals surface area contributed by atoms with Crippen LogP contribution in [-0.4, -0.2) is 43.4 Å². The summed E-state index contributed by atoms with van der Waals surface area (Å²) in [7, 11) is 0. The van der Waals surface area contributed by atoms with E-state index in [4.69, 9.17) is 4.74 Å². The third-order valence-corrected chi connectivity index (χ3v) is 3.86. The highest BCUT2D eigenvalue weighted by Gasteiger charge is 2.19. The normalized spacial score (nSPS) is 15.8. The smallest absolute Gasteiger partial charge is 0.250 e. The van der Waals surface area contributed by atoms with Crippen LogP contribution >= 0.6 is 0 Å². The zero-order chi connectivity index (χ0) is 15.8. The molecule has 2 N–H and O–H groups in total. The van der Waals surface area contributed by atoms with Crippen molar-refractivity contribution in [3.63, 3.8) is 0 Å². The summed E-state index contributed by atoms with van der Waals surface area (Å²) in [5, 5.41) is 12.5. The molecule has 5 heteroatoms. The fourth-order valence-electron chi connectivity index (χ4n) is 2.56. The number of hydrogen-bond donors (Lipinski definition) is 2. The first-order valence-electron chi connectivity index (χ1n) is 8.10. The van der Waals surface area contributed by atoms with Gasteiger partial charge in [-0.3, -0.25) is 4.79 Å². The lowest BCUT2D eigenvalue weighted by Gasteiger charge is -2.32. The number of aliphatic hydroxyl groups excluding tert-OH is 1. The Bertz CT molecular complexity index is 471. The average Bonchev–Trinajstić information content (AvgIpc) is 2.53. The molecule has 1 fully saturated rings. The van der Waals surface area contributed by atoms with Gasteiger partial charge in [0.2, 0.25) is 5.91 Å². The second-order valence-electron chi connectivity index (χ2n) is 5.69. The highest BCUT2D eigenvalue weighted by Crippen LogP contribution is 2.28. The molecule has 0 unspecified atom stereocenters. The maximum absolute atomic E-state index is 12.0. The molecule has 0 bridgehead atoms. The number of aliphatic hydroxyl groups is 1. The van der Waals surface area contributed by atoms with E-state index < -0.39 is 0 Å². The van der Waals surface area contributed by atoms with Crippen LogP contribution in [0.25, 0.3) is 0 Å². The Morgan fingerprint density at radius 1 is 1.36 bits per heavy atom. The molecular weight excluding hydrogens is 280 g/mol. The number of nitrogens with zero attached hydrogens (tertiary/aromatic N) is 1. The highest BCUT2D eigenvalue weighted by atomic mass is 16.5. The number of piperidine rings is 1. The van der Waals surface area contributed by atoms with Crippen molar-refractivity contribution in [3.8, 4) is 0 Å². The molecule has 1 aromatic rings. The number of ether oxygens (including phenoxy) is 1. The van der Waals surface area contributed by atoms with Crippen molar-refractivity contribution in [3.05, 3.63) is 24.3 Å². The Balaban J connectivity index is 1.92. The van der Waals surface area contributed by atoms with Crippen molar-refractivity contribution in [1.29, 1.82) is 0 Å². The summed E-state index contributed by atoms with van der Waals surface area (Å²) in [5.74, 6) is -0.124. The van der Waals surface area contributed by atoms with Crippen LogP contribution in [0, 0.1) is 0 Å². The first-order chi connectivity index (χ1) is 10.7. The van der Waals surface area contributed by atoms with Crippen molar-refractivity contribution >= 4 is 17.3 Å². The summed E-state index contributed by atoms with van der Waals surface area (Å²) >= 11 is 0. The molecule has 1 aliphatic rings. The van der Waals surface area contributed by atoms with Gasteiger partial charge >= 0.3 is 0 Å². The lowest BCUT2D eigenvalue weighted by Crippen LogP contribution is -2.36. The number of para-hydroxylation sites is 2. The number of rotatable bonds is 7. The molecule has 5 nitrogen and oxygen atoms in total. The third-order valence-electron chi connectivity index (χ3n) is 3.86. The summed E-state index contributed by atoms with van der Waals surface area (Å²) in [5.41, 5.74) is 1.82. The van der Waals surface area contributed by atoms with Crippen molar-refractivity contribution < 1.29 is 14.6 Å². The predicted octanol–water partition coefficient (Wildman–Crippen LogP) is 2.40. The van der Waals surface area contributed by atoms with Crippen LogP contribution < -0.4 is 10.2 Å². The van der Waals surface area contributed by atoms with Gasteiger partial charge in [-0.25, -0.2) is 0 Å². The minimum absolute atomic E-state index is 0.0903. The molecule has 1 saturated heterocycles. The van der Waals surface area contributed by atoms with Crippen molar-refractivity contribution in [2.24, 2.45) is 0 Å². The van der Waals surface area contributed by atoms with Crippen LogP contribution in [0.2, 0.25) is 0 Å². The fourth-order valence-corrected chi connectivity index (χ4v) is 2.56. The Morgan fingerprint density at radius 2 is 2.09 bits per heavy atom. The molecule has 122 valence electrons. The van der Waals surface area contributed by atoms with Crippen LogP contribution in [0.3, 0.4) is 0 Å². The van der Waals surface area contributed by atoms with E-state index in [-0.39, 0.29) is 18.6 Å². The second-order valence-corrected chi connectivity index (χ2v) is 5.69. The van der Waals surface area contributed by atoms with E-state index in [0.717, 1.165) is 50.1 Å². The molecule has 1 heterocycles. The van der Waals surface area contributed by atoms with E-state index in [2.05, 4.69) is 17.1 Å². The summed E-state index contributed by atoms with van der Waals surface area (Å²) in [6.45, 7) is 4.42. The Hall–Kier alpha value is -1.59. The summed E-state index contributed by atoms with van der Waals surface area (Å²) in [6.07, 6.45) is 3.36. The molecule has 0 saturated carbocycles. The number of benzene rings is 1. The van der Waals surface area contributed by atoms with Gasteiger partial charge < -0.3 is 20.1 Å². The monoisotopic (exact) mass is 306 g/mol. The zero-order valence-electron chi connectivity index (χ0n) is 13.3. The van der Waals surface area contributed by atoms with Crippen molar-refractivity contribution in [2.75, 3.05) is 36.5 Å². The number of nitrogens with one attached hydrogen (secondary N) is 1. The largest absolute Gasteiger partial charge is 0.393 e. The van der Waals surface area contributed by atoms with E-state index in [0.29, 0.717) is 6.61 Å². The Kier molecular flexibility index (Phi) is 6.68. The predicted molar refractivity (Wildman–Crippen MR) is 88.3 cm³/mol. The SMILES string of the molecule is CCCCOCC(=O)Nc1ccccc1N1CCC(O)CC1. The molecule has 2 rings (SSSR count). The fraction of sp³-hybridized carbons (Fsp3) is 0.588. The molecule has 0 aliphatic carbocycles. The number of carbonyl (C=O) groups excluding carboxylic acids is 1. The molecule has 0 aromatic heterocycles. The van der Waals surface area contributed by atoms with Gasteiger partial charge in [0.05, 0.1) is 17.5 Å². The maximum atomic E-state index is 12.0. The number of carbonyl (C=O) groups is 1. The quantitative estimate of drug-likeness (QED) is 0.759. The van der Waals surface area contributed by atoms with E-state index >= 15 is 0 Å². The van der Waals surface area contributed by atoms with E-state index in [1.165, 1.54) is 0 Å². The first kappa shape index (κ1) is 16.8. The van der Waals surface area contributed by atoms with Crippen molar-refractivity contribution in [2.45, 2.75) is 38.7 Å². The zero-order valence-corrected chi connectivity index (χ0v) is 13.3. The Labute approximate surface area is 132 Å². The molecule has 1 aromatic carbocycles. The lowest BCUT2D eigenvalue weighted by atomic mass is 10.1. The van der Waals surface area contributed by atoms with Crippen molar-refractivity contribution in [1.82, 2.24) is 0 Å². The second kappa shape index (κ2) is 8.76. The van der Waals surface area contributed by atoms with E-state index in [1.807, 2.05) is 24.3 Å². The van der Waals surface area contributed by atoms with Gasteiger partial charge in [-0.1, -0.05) is 25.5 Å².